The quantitative estimate of drug-likeness (QED) is 0.807. The van der Waals surface area contributed by atoms with E-state index in [9.17, 15) is 8.42 Å². The van der Waals surface area contributed by atoms with Gasteiger partial charge >= 0.3 is 0 Å². The van der Waals surface area contributed by atoms with E-state index in [4.69, 9.17) is 0 Å². The van der Waals surface area contributed by atoms with Crippen LogP contribution in [0.4, 0.5) is 5.82 Å². The van der Waals surface area contributed by atoms with Crippen molar-refractivity contribution < 1.29 is 8.42 Å². The van der Waals surface area contributed by atoms with E-state index >= 15 is 0 Å². The van der Waals surface area contributed by atoms with Gasteiger partial charge in [-0.1, -0.05) is 30.3 Å². The molecule has 2 aromatic rings. The van der Waals surface area contributed by atoms with Gasteiger partial charge in [-0.25, -0.2) is 18.4 Å². The molecule has 2 unspecified atom stereocenters. The lowest BCUT2D eigenvalue weighted by Crippen LogP contribution is -2.70. The highest BCUT2D eigenvalue weighted by molar-refractivity contribution is 7.88. The second-order valence-electron chi connectivity index (χ2n) is 7.60. The SMILES string of the molecule is O=S(=O)(Cc1ccccc1)N1C2CC1CN(c1cc(C3CC3)ncn1)C2. The predicted molar refractivity (Wildman–Crippen MR) is 99.3 cm³/mol. The number of sulfonamides is 1. The Hall–Kier alpha value is -1.99. The minimum atomic E-state index is -3.28. The molecule has 1 aromatic carbocycles. The van der Waals surface area contributed by atoms with E-state index in [1.165, 1.54) is 12.8 Å². The highest BCUT2D eigenvalue weighted by Crippen LogP contribution is 2.41. The van der Waals surface area contributed by atoms with Crippen molar-refractivity contribution in [2.75, 3.05) is 18.0 Å². The molecule has 0 N–H and O–H groups in total. The first-order chi connectivity index (χ1) is 12.6. The molecule has 0 radical (unpaired) electrons. The number of benzene rings is 1. The summed E-state index contributed by atoms with van der Waals surface area (Å²) in [5, 5.41) is 0. The summed E-state index contributed by atoms with van der Waals surface area (Å²) in [4.78, 5) is 11.0. The smallest absolute Gasteiger partial charge is 0.218 e. The molecule has 2 atom stereocenters. The van der Waals surface area contributed by atoms with Gasteiger partial charge in [-0.05, 0) is 24.8 Å². The lowest BCUT2D eigenvalue weighted by molar-refractivity contribution is 0.0872. The number of piperidine rings is 1. The Kier molecular flexibility index (Phi) is 3.76. The molecule has 4 fully saturated rings. The summed E-state index contributed by atoms with van der Waals surface area (Å²) in [7, 11) is -3.28. The fourth-order valence-electron chi connectivity index (χ4n) is 4.21. The van der Waals surface area contributed by atoms with Crippen molar-refractivity contribution in [1.29, 1.82) is 0 Å². The third-order valence-corrected chi connectivity index (χ3v) is 7.57. The molecule has 1 aliphatic carbocycles. The zero-order valence-electron chi connectivity index (χ0n) is 14.5. The van der Waals surface area contributed by atoms with Gasteiger partial charge in [-0.3, -0.25) is 0 Å². The minimum absolute atomic E-state index is 0.0572. The van der Waals surface area contributed by atoms with Gasteiger partial charge in [0.05, 0.1) is 5.75 Å². The Balaban J connectivity index is 1.30. The van der Waals surface area contributed by atoms with Gasteiger partial charge in [0.2, 0.25) is 10.0 Å². The maximum Gasteiger partial charge on any atom is 0.218 e. The molecular weight excluding hydrogens is 348 g/mol. The summed E-state index contributed by atoms with van der Waals surface area (Å²) >= 11 is 0. The third-order valence-electron chi connectivity index (χ3n) is 5.63. The number of hydrogen-bond acceptors (Lipinski definition) is 5. The Morgan fingerprint density at radius 1 is 1.04 bits per heavy atom. The number of aromatic nitrogens is 2. The van der Waals surface area contributed by atoms with Crippen LogP contribution in [0.25, 0.3) is 0 Å². The van der Waals surface area contributed by atoms with E-state index in [2.05, 4.69) is 20.9 Å². The van der Waals surface area contributed by atoms with E-state index in [0.717, 1.165) is 23.5 Å². The van der Waals surface area contributed by atoms with E-state index < -0.39 is 10.0 Å². The number of rotatable bonds is 5. The summed E-state index contributed by atoms with van der Waals surface area (Å²) in [5.74, 6) is 1.62. The summed E-state index contributed by atoms with van der Waals surface area (Å²) in [5.41, 5.74) is 1.97. The highest BCUT2D eigenvalue weighted by Gasteiger charge is 2.50. The van der Waals surface area contributed by atoms with Crippen LogP contribution in [0.2, 0.25) is 0 Å². The Labute approximate surface area is 153 Å². The maximum absolute atomic E-state index is 12.9. The van der Waals surface area contributed by atoms with Crippen molar-refractivity contribution in [1.82, 2.24) is 14.3 Å². The van der Waals surface area contributed by atoms with Gasteiger partial charge in [0.25, 0.3) is 0 Å². The lowest BCUT2D eigenvalue weighted by atomic mass is 9.91. The monoisotopic (exact) mass is 370 g/mol. The molecule has 7 heteroatoms. The molecule has 3 saturated heterocycles. The van der Waals surface area contributed by atoms with Crippen LogP contribution in [0, 0.1) is 0 Å². The number of piperazine rings is 1. The first kappa shape index (κ1) is 16.2. The molecule has 4 heterocycles. The van der Waals surface area contributed by atoms with Crippen LogP contribution >= 0.6 is 0 Å². The van der Waals surface area contributed by atoms with Crippen LogP contribution in [0.3, 0.4) is 0 Å². The largest absolute Gasteiger partial charge is 0.353 e. The Morgan fingerprint density at radius 3 is 2.46 bits per heavy atom. The van der Waals surface area contributed by atoms with Crippen molar-refractivity contribution in [2.45, 2.75) is 43.0 Å². The number of hydrogen-bond donors (Lipinski definition) is 0. The zero-order valence-corrected chi connectivity index (χ0v) is 15.3. The lowest BCUT2D eigenvalue weighted by Gasteiger charge is -2.55. The Bertz CT molecular complexity index is 902. The van der Waals surface area contributed by atoms with Gasteiger partial charge in [0.15, 0.2) is 0 Å². The minimum Gasteiger partial charge on any atom is -0.353 e. The van der Waals surface area contributed by atoms with Crippen molar-refractivity contribution in [3.8, 4) is 0 Å². The third kappa shape index (κ3) is 2.89. The molecule has 4 aliphatic rings. The van der Waals surface area contributed by atoms with Crippen LogP contribution < -0.4 is 4.90 Å². The predicted octanol–water partition coefficient (Wildman–Crippen LogP) is 2.15. The zero-order chi connectivity index (χ0) is 17.7. The standard InChI is InChI=1S/C19H22N4O2S/c24-26(25,12-14-4-2-1-3-5-14)23-16-8-17(23)11-22(10-16)19-9-18(15-6-7-15)20-13-21-19/h1-5,9,13,15-17H,6-8,10-12H2. The van der Waals surface area contributed by atoms with Gasteiger partial charge < -0.3 is 4.90 Å². The number of anilines is 1. The van der Waals surface area contributed by atoms with Gasteiger partial charge in [0.1, 0.15) is 12.1 Å². The summed E-state index contributed by atoms with van der Waals surface area (Å²) < 4.78 is 27.5. The number of fused-ring (bicyclic) bond motifs is 2. The van der Waals surface area contributed by atoms with Crippen LogP contribution in [-0.4, -0.2) is 47.9 Å². The molecule has 6 rings (SSSR count). The topological polar surface area (TPSA) is 66.4 Å². The molecule has 6 nitrogen and oxygen atoms in total. The van der Waals surface area contributed by atoms with E-state index in [1.807, 2.05) is 30.3 Å². The molecule has 1 aromatic heterocycles. The van der Waals surface area contributed by atoms with E-state index in [0.29, 0.717) is 19.0 Å². The second-order valence-corrected chi connectivity index (χ2v) is 9.47. The number of nitrogens with zero attached hydrogens (tertiary/aromatic N) is 4. The molecular formula is C19H22N4O2S. The van der Waals surface area contributed by atoms with Gasteiger partial charge in [-0.2, -0.15) is 4.31 Å². The van der Waals surface area contributed by atoms with Crippen molar-refractivity contribution in [2.24, 2.45) is 0 Å². The molecule has 136 valence electrons. The van der Waals surface area contributed by atoms with Crippen LogP contribution in [0.15, 0.2) is 42.7 Å². The van der Waals surface area contributed by atoms with Crippen LogP contribution in [0.5, 0.6) is 0 Å². The molecule has 0 amide bonds. The first-order valence-electron chi connectivity index (χ1n) is 9.22. The Morgan fingerprint density at radius 2 is 1.77 bits per heavy atom. The molecule has 0 spiro atoms. The first-order valence-corrected chi connectivity index (χ1v) is 10.8. The van der Waals surface area contributed by atoms with Crippen molar-refractivity contribution >= 4 is 15.8 Å². The summed E-state index contributed by atoms with van der Waals surface area (Å²) in [6, 6.07) is 11.6. The maximum atomic E-state index is 12.9. The summed E-state index contributed by atoms with van der Waals surface area (Å²) in [6.07, 6.45) is 5.03. The average molecular weight is 370 g/mol. The normalized spacial score (nSPS) is 25.8. The van der Waals surface area contributed by atoms with E-state index in [1.54, 1.807) is 10.6 Å². The van der Waals surface area contributed by atoms with Gasteiger partial charge in [-0.15, -0.1) is 0 Å². The van der Waals surface area contributed by atoms with Crippen LogP contribution in [0.1, 0.15) is 36.4 Å². The summed E-state index contributed by atoms with van der Waals surface area (Å²) in [6.45, 7) is 1.43. The average Bonchev–Trinajstić information content (AvgIpc) is 3.47. The fourth-order valence-corrected chi connectivity index (χ4v) is 6.19. The van der Waals surface area contributed by atoms with Gasteiger partial charge in [0, 0.05) is 42.9 Å². The molecule has 2 bridgehead atoms. The van der Waals surface area contributed by atoms with E-state index in [-0.39, 0.29) is 17.8 Å². The molecule has 3 aliphatic heterocycles. The fraction of sp³-hybridized carbons (Fsp3) is 0.474. The van der Waals surface area contributed by atoms with Crippen LogP contribution in [-0.2, 0) is 15.8 Å². The molecule has 1 saturated carbocycles. The highest BCUT2D eigenvalue weighted by atomic mass is 32.2. The molecule has 26 heavy (non-hydrogen) atoms. The van der Waals surface area contributed by atoms with Crippen molar-refractivity contribution in [3.63, 3.8) is 0 Å². The second kappa shape index (κ2) is 6.03. The van der Waals surface area contributed by atoms with Crippen molar-refractivity contribution in [3.05, 3.63) is 54.0 Å².